The second-order valence-corrected chi connectivity index (χ2v) is 11.3. The number of anilines is 1. The number of hydrogen-bond acceptors (Lipinski definition) is 7. The van der Waals surface area contributed by atoms with Crippen LogP contribution in [0.3, 0.4) is 0 Å². The molecule has 0 radical (unpaired) electrons. The number of nitrogens with one attached hydrogen (secondary N) is 1. The zero-order valence-electron chi connectivity index (χ0n) is 18.1. The molecular formula is C18H10F10N2O7S2. The first-order valence-corrected chi connectivity index (χ1v) is 12.5. The fourth-order valence-corrected chi connectivity index (χ4v) is 5.34. The van der Waals surface area contributed by atoms with E-state index in [1.807, 2.05) is 0 Å². The number of carbonyl (C=O) groups excluding carboxylic acids is 1. The van der Waals surface area contributed by atoms with E-state index in [1.165, 1.54) is 0 Å². The van der Waals surface area contributed by atoms with Gasteiger partial charge in [-0.05, 0) is 30.3 Å². The lowest BCUT2D eigenvalue weighted by molar-refractivity contribution is -0.388. The van der Waals surface area contributed by atoms with Crippen molar-refractivity contribution in [3.63, 3.8) is 0 Å². The van der Waals surface area contributed by atoms with Crippen molar-refractivity contribution in [1.29, 1.82) is 0 Å². The molecule has 0 heterocycles. The van der Waals surface area contributed by atoms with Crippen LogP contribution in [-0.2, 0) is 30.6 Å². The number of nitro groups is 1. The van der Waals surface area contributed by atoms with Crippen molar-refractivity contribution in [2.75, 3.05) is 11.1 Å². The Kier molecular flexibility index (Phi) is 8.07. The maximum atomic E-state index is 13.8. The average Bonchev–Trinajstić information content (AvgIpc) is 2.76. The first-order chi connectivity index (χ1) is 17.4. The van der Waals surface area contributed by atoms with Crippen LogP contribution in [0.25, 0.3) is 0 Å². The summed E-state index contributed by atoms with van der Waals surface area (Å²) in [5, 5.41) is 6.12. The third-order valence-corrected chi connectivity index (χ3v) is 8.09. The number of nitro benzene ring substituents is 1. The molecule has 0 atom stereocenters. The summed E-state index contributed by atoms with van der Waals surface area (Å²) in [6.45, 7) is 0. The van der Waals surface area contributed by atoms with Crippen LogP contribution in [0.15, 0.2) is 52.3 Å². The molecule has 0 fully saturated rings. The summed E-state index contributed by atoms with van der Waals surface area (Å²) >= 11 is 0. The maximum absolute atomic E-state index is 13.8. The minimum Gasteiger partial charge on any atom is -0.325 e. The lowest BCUT2D eigenvalue weighted by Crippen LogP contribution is -2.55. The number of nitrogens with zero attached hydrogens (tertiary/aromatic N) is 1. The number of rotatable bonds is 8. The second kappa shape index (κ2) is 9.92. The number of carbonyl (C=O) groups is 1. The Hall–Kier alpha value is -3.49. The molecular weight excluding hydrogens is 610 g/mol. The van der Waals surface area contributed by atoms with Gasteiger partial charge in [-0.2, -0.15) is 43.9 Å². The van der Waals surface area contributed by atoms with Gasteiger partial charge in [-0.25, -0.2) is 16.8 Å². The lowest BCUT2D eigenvalue weighted by Gasteiger charge is -2.27. The molecule has 2 aromatic carbocycles. The Morgan fingerprint density at radius 1 is 0.872 bits per heavy atom. The standard InChI is InChI=1S/C18H10F10N2O7S2/c19-15(20,21)9-2-1-3-10(6-9)29-14(31)8-38(34,35)13-5-4-11(7-12(13)30(32)33)39(36,37)18(27,28)16(22,23)17(24,25)26/h1-7H,8H2,(H,29,31). The SMILES string of the molecule is O=C(CS(=O)(=O)c1ccc(S(=O)(=O)C(F)(F)C(F)(F)C(F)(F)F)cc1[N+](=O)[O-])Nc1cccc(C(F)(F)F)c1. The molecule has 2 rings (SSSR count). The molecule has 0 saturated heterocycles. The predicted octanol–water partition coefficient (Wildman–Crippen LogP) is 4.59. The van der Waals surface area contributed by atoms with Gasteiger partial charge in [-0.15, -0.1) is 0 Å². The molecule has 0 aliphatic carbocycles. The summed E-state index contributed by atoms with van der Waals surface area (Å²) in [4.78, 5) is 17.9. The Morgan fingerprint density at radius 2 is 1.44 bits per heavy atom. The summed E-state index contributed by atoms with van der Waals surface area (Å²) in [7, 11) is -12.3. The molecule has 0 saturated carbocycles. The van der Waals surface area contributed by atoms with E-state index in [0.29, 0.717) is 12.1 Å². The van der Waals surface area contributed by atoms with Crippen LogP contribution < -0.4 is 5.32 Å². The van der Waals surface area contributed by atoms with Crippen LogP contribution in [-0.4, -0.2) is 50.8 Å². The van der Waals surface area contributed by atoms with Crippen molar-refractivity contribution < 1.29 is 70.5 Å². The van der Waals surface area contributed by atoms with Crippen LogP contribution in [0.2, 0.25) is 0 Å². The van der Waals surface area contributed by atoms with Crippen LogP contribution in [0.4, 0.5) is 55.3 Å². The number of alkyl halides is 10. The van der Waals surface area contributed by atoms with E-state index in [0.717, 1.165) is 12.1 Å². The van der Waals surface area contributed by atoms with Gasteiger partial charge in [0.1, 0.15) is 10.6 Å². The molecule has 1 N–H and O–H groups in total. The summed E-state index contributed by atoms with van der Waals surface area (Å²) in [6, 6.07) is 1.82. The van der Waals surface area contributed by atoms with Crippen molar-refractivity contribution in [3.8, 4) is 0 Å². The van der Waals surface area contributed by atoms with Gasteiger partial charge in [-0.3, -0.25) is 14.9 Å². The molecule has 0 spiro atoms. The van der Waals surface area contributed by atoms with Gasteiger partial charge in [-0.1, -0.05) is 6.07 Å². The Morgan fingerprint density at radius 3 is 1.92 bits per heavy atom. The zero-order valence-corrected chi connectivity index (χ0v) is 19.8. The van der Waals surface area contributed by atoms with Crippen molar-refractivity contribution in [3.05, 3.63) is 58.1 Å². The Labute approximate surface area is 210 Å². The quantitative estimate of drug-likeness (QED) is 0.259. The molecule has 9 nitrogen and oxygen atoms in total. The summed E-state index contributed by atoms with van der Waals surface area (Å²) in [6.07, 6.45) is -12.0. The molecule has 0 bridgehead atoms. The number of sulfone groups is 2. The van der Waals surface area contributed by atoms with Gasteiger partial charge in [0.05, 0.1) is 15.4 Å². The van der Waals surface area contributed by atoms with E-state index in [4.69, 9.17) is 0 Å². The van der Waals surface area contributed by atoms with Gasteiger partial charge in [0, 0.05) is 11.8 Å². The Balaban J connectivity index is 2.48. The fraction of sp³-hybridized carbons (Fsp3) is 0.278. The third-order valence-electron chi connectivity index (χ3n) is 4.63. The predicted molar refractivity (Wildman–Crippen MR) is 108 cm³/mol. The van der Waals surface area contributed by atoms with Gasteiger partial charge in [0.25, 0.3) is 15.5 Å². The highest BCUT2D eigenvalue weighted by molar-refractivity contribution is 7.93. The second-order valence-electron chi connectivity index (χ2n) is 7.36. The minimum atomic E-state index is -7.18. The van der Waals surface area contributed by atoms with Crippen molar-refractivity contribution >= 4 is 37.0 Å². The van der Waals surface area contributed by atoms with Gasteiger partial charge in [0.2, 0.25) is 5.91 Å². The van der Waals surface area contributed by atoms with Crippen LogP contribution in [0, 0.1) is 10.1 Å². The largest absolute Gasteiger partial charge is 0.461 e. The molecule has 0 aliphatic rings. The Bertz CT molecular complexity index is 1520. The summed E-state index contributed by atoms with van der Waals surface area (Å²) in [5.41, 5.74) is -3.74. The third kappa shape index (κ3) is 6.07. The highest BCUT2D eigenvalue weighted by atomic mass is 32.2. The van der Waals surface area contributed by atoms with Crippen LogP contribution in [0.1, 0.15) is 5.56 Å². The number of amides is 1. The van der Waals surface area contributed by atoms with E-state index in [-0.39, 0.29) is 12.1 Å². The van der Waals surface area contributed by atoms with Gasteiger partial charge in [0.15, 0.2) is 9.84 Å². The van der Waals surface area contributed by atoms with Crippen molar-refractivity contribution in [2.45, 2.75) is 33.3 Å². The summed E-state index contributed by atoms with van der Waals surface area (Å²) in [5.74, 6) is -10.5. The zero-order chi connectivity index (χ0) is 30.4. The van der Waals surface area contributed by atoms with E-state index < -0.39 is 92.6 Å². The fourth-order valence-electron chi connectivity index (χ4n) is 2.77. The van der Waals surface area contributed by atoms with Crippen molar-refractivity contribution in [1.82, 2.24) is 0 Å². The highest BCUT2D eigenvalue weighted by Gasteiger charge is 2.78. The van der Waals surface area contributed by atoms with E-state index in [2.05, 4.69) is 0 Å². The van der Waals surface area contributed by atoms with Crippen molar-refractivity contribution in [2.24, 2.45) is 0 Å². The molecule has 21 heteroatoms. The molecule has 0 aliphatic heterocycles. The molecule has 1 amide bonds. The average molecular weight is 620 g/mol. The first-order valence-electron chi connectivity index (χ1n) is 9.41. The number of hydrogen-bond donors (Lipinski definition) is 1. The van der Waals surface area contributed by atoms with Crippen LogP contribution >= 0.6 is 0 Å². The normalized spacial score (nSPS) is 13.7. The van der Waals surface area contributed by atoms with Crippen LogP contribution in [0.5, 0.6) is 0 Å². The van der Waals surface area contributed by atoms with Gasteiger partial charge >= 0.3 is 23.5 Å². The monoisotopic (exact) mass is 620 g/mol. The molecule has 0 unspecified atom stereocenters. The molecule has 0 aromatic heterocycles. The highest BCUT2D eigenvalue weighted by Crippen LogP contribution is 2.51. The molecule has 2 aromatic rings. The maximum Gasteiger partial charge on any atom is 0.461 e. The molecule has 216 valence electrons. The van der Waals surface area contributed by atoms with E-state index in [9.17, 15) is 75.6 Å². The number of halogens is 10. The topological polar surface area (TPSA) is 141 Å². The lowest BCUT2D eigenvalue weighted by atomic mass is 10.2. The summed E-state index contributed by atoms with van der Waals surface area (Å²) < 4.78 is 179. The smallest absolute Gasteiger partial charge is 0.325 e. The molecule has 39 heavy (non-hydrogen) atoms. The van der Waals surface area contributed by atoms with Gasteiger partial charge < -0.3 is 5.32 Å². The minimum absolute atomic E-state index is 0.111. The van der Waals surface area contributed by atoms with E-state index >= 15 is 0 Å². The first kappa shape index (κ1) is 31.7. The number of benzene rings is 2. The van der Waals surface area contributed by atoms with E-state index in [1.54, 1.807) is 5.32 Å².